The summed E-state index contributed by atoms with van der Waals surface area (Å²) in [6.07, 6.45) is 0. The van der Waals surface area contributed by atoms with Gasteiger partial charge >= 0.3 is 0 Å². The highest BCUT2D eigenvalue weighted by molar-refractivity contribution is 9.10. The molecule has 20 heavy (non-hydrogen) atoms. The molecule has 2 rings (SSSR count). The van der Waals surface area contributed by atoms with Gasteiger partial charge in [-0.05, 0) is 35.2 Å². The summed E-state index contributed by atoms with van der Waals surface area (Å²) in [6.45, 7) is 5.30. The quantitative estimate of drug-likeness (QED) is 0.739. The molecule has 3 heteroatoms. The predicted molar refractivity (Wildman–Crippen MR) is 90.0 cm³/mol. The Morgan fingerprint density at radius 1 is 1.05 bits per heavy atom. The number of hydrogen-bond donors (Lipinski definition) is 1. The largest absolute Gasteiger partial charge is 0.306 e. The zero-order valence-corrected chi connectivity index (χ0v) is 14.1. The Morgan fingerprint density at radius 3 is 2.30 bits per heavy atom. The van der Waals surface area contributed by atoms with Crippen molar-refractivity contribution in [3.8, 4) is 0 Å². The Hall–Kier alpha value is -0.830. The second-order valence-electron chi connectivity index (χ2n) is 5.25. The Bertz CT molecular complexity index is 551. The first-order valence-corrected chi connectivity index (χ1v) is 7.97. The van der Waals surface area contributed by atoms with Gasteiger partial charge in [0.15, 0.2) is 0 Å². The minimum Gasteiger partial charge on any atom is -0.306 e. The van der Waals surface area contributed by atoms with Gasteiger partial charge in [0.2, 0.25) is 0 Å². The molecule has 0 aliphatic heterocycles. The molecule has 1 nitrogen and oxygen atoms in total. The molecule has 0 saturated carbocycles. The van der Waals surface area contributed by atoms with E-state index in [0.717, 1.165) is 16.0 Å². The van der Waals surface area contributed by atoms with Gasteiger partial charge < -0.3 is 5.32 Å². The Labute approximate surface area is 134 Å². The van der Waals surface area contributed by atoms with Gasteiger partial charge in [-0.1, -0.05) is 71.7 Å². The number of hydrogen-bond acceptors (Lipinski definition) is 1. The maximum absolute atomic E-state index is 5.96. The molecule has 0 bridgehead atoms. The second-order valence-corrected chi connectivity index (χ2v) is 6.54. The zero-order valence-electron chi connectivity index (χ0n) is 11.7. The molecule has 1 unspecified atom stereocenters. The minimum absolute atomic E-state index is 0.319. The molecule has 0 aliphatic rings. The lowest BCUT2D eigenvalue weighted by Gasteiger charge is -2.23. The number of benzene rings is 2. The van der Waals surface area contributed by atoms with Crippen molar-refractivity contribution in [3.05, 3.63) is 69.2 Å². The fourth-order valence-electron chi connectivity index (χ4n) is 2.27. The Balaban J connectivity index is 2.11. The van der Waals surface area contributed by atoms with E-state index in [-0.39, 0.29) is 0 Å². The average molecular weight is 353 g/mol. The van der Waals surface area contributed by atoms with E-state index in [2.05, 4.69) is 65.4 Å². The average Bonchev–Trinajstić information content (AvgIpc) is 2.42. The summed E-state index contributed by atoms with van der Waals surface area (Å²) in [6, 6.07) is 16.7. The fourth-order valence-corrected chi connectivity index (χ4v) is 2.82. The smallest absolute Gasteiger partial charge is 0.0406 e. The molecule has 0 fully saturated rings. The highest BCUT2D eigenvalue weighted by Crippen LogP contribution is 2.24. The van der Waals surface area contributed by atoms with E-state index in [9.17, 15) is 0 Å². The van der Waals surface area contributed by atoms with Crippen molar-refractivity contribution in [1.82, 2.24) is 5.32 Å². The van der Waals surface area contributed by atoms with Crippen molar-refractivity contribution in [2.75, 3.05) is 0 Å². The standard InChI is InChI=1S/C17H19BrClN/c1-12(2)17(13-7-9-15(19)10-8-13)20-11-14-5-3-4-6-16(14)18/h3-10,12,17,20H,11H2,1-2H3. The van der Waals surface area contributed by atoms with Gasteiger partial charge in [0.05, 0.1) is 0 Å². The molecule has 0 aliphatic carbocycles. The summed E-state index contributed by atoms with van der Waals surface area (Å²) >= 11 is 9.55. The molecule has 0 radical (unpaired) electrons. The highest BCUT2D eigenvalue weighted by atomic mass is 79.9. The number of halogens is 2. The number of rotatable bonds is 5. The second kappa shape index (κ2) is 7.26. The molecule has 0 amide bonds. The highest BCUT2D eigenvalue weighted by Gasteiger charge is 2.15. The molecule has 0 saturated heterocycles. The van der Waals surface area contributed by atoms with Gasteiger partial charge in [0.25, 0.3) is 0 Å². The molecule has 0 spiro atoms. The van der Waals surface area contributed by atoms with Crippen molar-refractivity contribution in [2.24, 2.45) is 5.92 Å². The molecule has 2 aromatic rings. The summed E-state index contributed by atoms with van der Waals surface area (Å²) < 4.78 is 1.14. The van der Waals surface area contributed by atoms with Crippen LogP contribution in [0, 0.1) is 5.92 Å². The van der Waals surface area contributed by atoms with Crippen LogP contribution < -0.4 is 5.32 Å². The first-order chi connectivity index (χ1) is 9.58. The van der Waals surface area contributed by atoms with E-state index >= 15 is 0 Å². The van der Waals surface area contributed by atoms with E-state index in [4.69, 9.17) is 11.6 Å². The Kier molecular flexibility index (Phi) is 5.64. The lowest BCUT2D eigenvalue weighted by molar-refractivity contribution is 0.410. The van der Waals surface area contributed by atoms with Crippen LogP contribution in [-0.2, 0) is 6.54 Å². The van der Waals surface area contributed by atoms with Crippen molar-refractivity contribution < 1.29 is 0 Å². The van der Waals surface area contributed by atoms with Gasteiger partial charge in [-0.15, -0.1) is 0 Å². The van der Waals surface area contributed by atoms with Crippen LogP contribution in [0.1, 0.15) is 31.0 Å². The molecule has 0 heterocycles. The summed E-state index contributed by atoms with van der Waals surface area (Å²) in [5, 5.41) is 4.42. The van der Waals surface area contributed by atoms with E-state index in [0.29, 0.717) is 12.0 Å². The molecule has 106 valence electrons. The zero-order chi connectivity index (χ0) is 14.5. The summed E-state index contributed by atoms with van der Waals surface area (Å²) in [4.78, 5) is 0. The summed E-state index contributed by atoms with van der Waals surface area (Å²) in [5.74, 6) is 0.513. The predicted octanol–water partition coefficient (Wildman–Crippen LogP) is 5.59. The van der Waals surface area contributed by atoms with Gasteiger partial charge in [-0.3, -0.25) is 0 Å². The van der Waals surface area contributed by atoms with Crippen molar-refractivity contribution in [3.63, 3.8) is 0 Å². The number of nitrogens with one attached hydrogen (secondary N) is 1. The molecule has 2 aromatic carbocycles. The van der Waals surface area contributed by atoms with Crippen LogP contribution in [0.2, 0.25) is 5.02 Å². The normalized spacial score (nSPS) is 12.7. The van der Waals surface area contributed by atoms with Crippen LogP contribution in [0.5, 0.6) is 0 Å². The topological polar surface area (TPSA) is 12.0 Å². The molecule has 1 N–H and O–H groups in total. The monoisotopic (exact) mass is 351 g/mol. The van der Waals surface area contributed by atoms with Crippen LogP contribution in [0.3, 0.4) is 0 Å². The first kappa shape index (κ1) is 15.6. The van der Waals surface area contributed by atoms with Gasteiger partial charge in [0, 0.05) is 22.1 Å². The Morgan fingerprint density at radius 2 is 1.70 bits per heavy atom. The van der Waals surface area contributed by atoms with E-state index in [1.54, 1.807) is 0 Å². The lowest BCUT2D eigenvalue weighted by Crippen LogP contribution is -2.25. The van der Waals surface area contributed by atoms with Gasteiger partial charge in [0.1, 0.15) is 0 Å². The maximum Gasteiger partial charge on any atom is 0.0406 e. The maximum atomic E-state index is 5.96. The minimum atomic E-state index is 0.319. The van der Waals surface area contributed by atoms with Crippen LogP contribution in [0.25, 0.3) is 0 Å². The molecule has 0 aromatic heterocycles. The lowest BCUT2D eigenvalue weighted by atomic mass is 9.96. The summed E-state index contributed by atoms with van der Waals surface area (Å²) in [7, 11) is 0. The molecule has 1 atom stereocenters. The fraction of sp³-hybridized carbons (Fsp3) is 0.294. The van der Waals surface area contributed by atoms with E-state index in [1.165, 1.54) is 11.1 Å². The molecular weight excluding hydrogens is 334 g/mol. The first-order valence-electron chi connectivity index (χ1n) is 6.80. The van der Waals surface area contributed by atoms with Crippen LogP contribution >= 0.6 is 27.5 Å². The van der Waals surface area contributed by atoms with E-state index in [1.807, 2.05) is 18.2 Å². The van der Waals surface area contributed by atoms with Crippen LogP contribution in [0.4, 0.5) is 0 Å². The van der Waals surface area contributed by atoms with Crippen LogP contribution in [-0.4, -0.2) is 0 Å². The SMILES string of the molecule is CC(C)C(NCc1ccccc1Br)c1ccc(Cl)cc1. The molecular formula is C17H19BrClN. The summed E-state index contributed by atoms with van der Waals surface area (Å²) in [5.41, 5.74) is 2.54. The van der Waals surface area contributed by atoms with Crippen molar-refractivity contribution in [2.45, 2.75) is 26.4 Å². The third kappa shape index (κ3) is 4.08. The van der Waals surface area contributed by atoms with Crippen molar-refractivity contribution >= 4 is 27.5 Å². The third-order valence-corrected chi connectivity index (χ3v) is 4.39. The van der Waals surface area contributed by atoms with Gasteiger partial charge in [-0.25, -0.2) is 0 Å². The van der Waals surface area contributed by atoms with Gasteiger partial charge in [-0.2, -0.15) is 0 Å². The van der Waals surface area contributed by atoms with Crippen molar-refractivity contribution in [1.29, 1.82) is 0 Å². The van der Waals surface area contributed by atoms with Crippen LogP contribution in [0.15, 0.2) is 53.0 Å². The third-order valence-electron chi connectivity index (χ3n) is 3.37. The van der Waals surface area contributed by atoms with E-state index < -0.39 is 0 Å².